The van der Waals surface area contributed by atoms with E-state index < -0.39 is 12.6 Å². The maximum atomic E-state index is 12.1. The van der Waals surface area contributed by atoms with Gasteiger partial charge in [0.25, 0.3) is 0 Å². The molecule has 1 aliphatic rings. The molecule has 0 spiro atoms. The van der Waals surface area contributed by atoms with Crippen molar-refractivity contribution in [2.75, 3.05) is 6.54 Å². The van der Waals surface area contributed by atoms with Crippen LogP contribution in [0.1, 0.15) is 50.3 Å². The molecule has 0 aromatic carbocycles. The van der Waals surface area contributed by atoms with Crippen LogP contribution in [0.2, 0.25) is 0 Å². The van der Waals surface area contributed by atoms with Crippen LogP contribution in [0.5, 0.6) is 0 Å². The standard InChI is InChI=1S/C13H20F3N3/c14-13(15,16)6-2-4-8-19-10-17-9-12(19)11-5-1-3-7-18-11/h9-11,18H,1-8H2. The van der Waals surface area contributed by atoms with Crippen molar-refractivity contribution < 1.29 is 13.2 Å². The Balaban J connectivity index is 1.82. The molecule has 0 radical (unpaired) electrons. The van der Waals surface area contributed by atoms with Crippen LogP contribution in [0.15, 0.2) is 12.5 Å². The number of hydrogen-bond acceptors (Lipinski definition) is 2. The molecule has 3 nitrogen and oxygen atoms in total. The molecule has 1 saturated heterocycles. The van der Waals surface area contributed by atoms with Gasteiger partial charge in [-0.15, -0.1) is 0 Å². The summed E-state index contributed by atoms with van der Waals surface area (Å²) in [5.74, 6) is 0. The average molecular weight is 275 g/mol. The van der Waals surface area contributed by atoms with Crippen molar-refractivity contribution in [2.24, 2.45) is 0 Å². The number of hydrogen-bond donors (Lipinski definition) is 1. The molecule has 0 saturated carbocycles. The first kappa shape index (κ1) is 14.4. The number of aryl methyl sites for hydroxylation is 1. The highest BCUT2D eigenvalue weighted by atomic mass is 19.4. The molecule has 6 heteroatoms. The van der Waals surface area contributed by atoms with Gasteiger partial charge in [-0.3, -0.25) is 0 Å². The minimum Gasteiger partial charge on any atom is -0.333 e. The van der Waals surface area contributed by atoms with E-state index in [0.717, 1.165) is 18.7 Å². The van der Waals surface area contributed by atoms with Crippen molar-refractivity contribution in [3.63, 3.8) is 0 Å². The van der Waals surface area contributed by atoms with Gasteiger partial charge < -0.3 is 9.88 Å². The summed E-state index contributed by atoms with van der Waals surface area (Å²) in [5.41, 5.74) is 1.10. The third kappa shape index (κ3) is 4.53. The fourth-order valence-electron chi connectivity index (χ4n) is 2.52. The summed E-state index contributed by atoms with van der Waals surface area (Å²) in [6.07, 6.45) is 2.99. The summed E-state index contributed by atoms with van der Waals surface area (Å²) in [6, 6.07) is 0.305. The Labute approximate surface area is 111 Å². The Morgan fingerprint density at radius 2 is 2.16 bits per heavy atom. The van der Waals surface area contributed by atoms with Gasteiger partial charge in [-0.1, -0.05) is 6.42 Å². The topological polar surface area (TPSA) is 29.9 Å². The molecule has 0 amide bonds. The van der Waals surface area contributed by atoms with Gasteiger partial charge in [0, 0.05) is 25.2 Å². The Kier molecular flexibility index (Phi) is 4.85. The summed E-state index contributed by atoms with van der Waals surface area (Å²) >= 11 is 0. The summed E-state index contributed by atoms with van der Waals surface area (Å²) in [5, 5.41) is 3.44. The van der Waals surface area contributed by atoms with Gasteiger partial charge in [0.05, 0.1) is 12.0 Å². The lowest BCUT2D eigenvalue weighted by Gasteiger charge is -2.24. The molecule has 2 rings (SSSR count). The molecular formula is C13H20F3N3. The fraction of sp³-hybridized carbons (Fsp3) is 0.769. The Morgan fingerprint density at radius 1 is 1.32 bits per heavy atom. The smallest absolute Gasteiger partial charge is 0.333 e. The Bertz CT molecular complexity index is 381. The second-order valence-electron chi connectivity index (χ2n) is 5.09. The molecule has 1 atom stereocenters. The summed E-state index contributed by atoms with van der Waals surface area (Å²) < 4.78 is 38.2. The van der Waals surface area contributed by atoms with Crippen molar-refractivity contribution in [1.29, 1.82) is 0 Å². The molecular weight excluding hydrogens is 255 g/mol. The summed E-state index contributed by atoms with van der Waals surface area (Å²) in [7, 11) is 0. The third-order valence-corrected chi connectivity index (χ3v) is 3.52. The molecule has 1 aromatic heterocycles. The highest BCUT2D eigenvalue weighted by molar-refractivity contribution is 5.06. The van der Waals surface area contributed by atoms with Crippen molar-refractivity contribution >= 4 is 0 Å². The predicted molar refractivity (Wildman–Crippen MR) is 66.7 cm³/mol. The van der Waals surface area contributed by atoms with Gasteiger partial charge in [0.15, 0.2) is 0 Å². The van der Waals surface area contributed by atoms with Crippen molar-refractivity contribution in [1.82, 2.24) is 14.9 Å². The number of unbranched alkanes of at least 4 members (excludes halogenated alkanes) is 1. The first-order valence-electron chi connectivity index (χ1n) is 6.86. The van der Waals surface area contributed by atoms with E-state index in [-0.39, 0.29) is 6.42 Å². The summed E-state index contributed by atoms with van der Waals surface area (Å²) in [4.78, 5) is 4.13. The minimum atomic E-state index is -4.04. The number of halogens is 3. The Morgan fingerprint density at radius 3 is 2.84 bits per heavy atom. The van der Waals surface area contributed by atoms with Gasteiger partial charge in [0.1, 0.15) is 0 Å². The van der Waals surface area contributed by atoms with Gasteiger partial charge in [0.2, 0.25) is 0 Å². The zero-order valence-electron chi connectivity index (χ0n) is 10.9. The van der Waals surface area contributed by atoms with Crippen LogP contribution >= 0.6 is 0 Å². The molecule has 0 bridgehead atoms. The van der Waals surface area contributed by atoms with E-state index >= 15 is 0 Å². The SMILES string of the molecule is FC(F)(F)CCCCn1cncc1C1CCCCN1. The van der Waals surface area contributed by atoms with E-state index in [9.17, 15) is 13.2 Å². The van der Waals surface area contributed by atoms with Gasteiger partial charge in [-0.25, -0.2) is 4.98 Å². The Hall–Kier alpha value is -1.04. The zero-order valence-corrected chi connectivity index (χ0v) is 10.9. The lowest BCUT2D eigenvalue weighted by Crippen LogP contribution is -2.28. The zero-order chi connectivity index (χ0) is 13.7. The number of rotatable bonds is 5. The van der Waals surface area contributed by atoms with Gasteiger partial charge in [-0.2, -0.15) is 13.2 Å². The van der Waals surface area contributed by atoms with Crippen LogP contribution in [-0.4, -0.2) is 22.3 Å². The van der Waals surface area contributed by atoms with Crippen LogP contribution < -0.4 is 5.32 Å². The molecule has 19 heavy (non-hydrogen) atoms. The molecule has 1 aromatic rings. The summed E-state index contributed by atoms with van der Waals surface area (Å²) in [6.45, 7) is 1.62. The highest BCUT2D eigenvalue weighted by Crippen LogP contribution is 2.24. The molecule has 1 unspecified atom stereocenters. The lowest BCUT2D eigenvalue weighted by atomic mass is 10.0. The van der Waals surface area contributed by atoms with E-state index in [2.05, 4.69) is 10.3 Å². The van der Waals surface area contributed by atoms with Crippen LogP contribution in [0.25, 0.3) is 0 Å². The maximum absolute atomic E-state index is 12.1. The molecule has 0 aliphatic carbocycles. The number of aromatic nitrogens is 2. The second-order valence-corrected chi connectivity index (χ2v) is 5.09. The second kappa shape index (κ2) is 6.41. The lowest BCUT2D eigenvalue weighted by molar-refractivity contribution is -0.135. The van der Waals surface area contributed by atoms with Gasteiger partial charge >= 0.3 is 6.18 Å². The number of alkyl halides is 3. The molecule has 108 valence electrons. The monoisotopic (exact) mass is 275 g/mol. The van der Waals surface area contributed by atoms with Crippen LogP contribution in [0.4, 0.5) is 13.2 Å². The van der Waals surface area contributed by atoms with Crippen LogP contribution in [-0.2, 0) is 6.54 Å². The number of nitrogens with zero attached hydrogens (tertiary/aromatic N) is 2. The number of piperidine rings is 1. The van der Waals surface area contributed by atoms with E-state index in [4.69, 9.17) is 0 Å². The molecule has 1 aliphatic heterocycles. The van der Waals surface area contributed by atoms with E-state index in [1.165, 1.54) is 12.8 Å². The van der Waals surface area contributed by atoms with Gasteiger partial charge in [-0.05, 0) is 32.2 Å². The highest BCUT2D eigenvalue weighted by Gasteiger charge is 2.26. The third-order valence-electron chi connectivity index (χ3n) is 3.52. The van der Waals surface area contributed by atoms with Crippen LogP contribution in [0, 0.1) is 0 Å². The molecule has 2 heterocycles. The molecule has 1 N–H and O–H groups in total. The number of imidazole rings is 1. The van der Waals surface area contributed by atoms with E-state index in [1.807, 2.05) is 10.8 Å². The van der Waals surface area contributed by atoms with Crippen molar-refractivity contribution in [3.05, 3.63) is 18.2 Å². The quantitative estimate of drug-likeness (QED) is 0.834. The molecule has 1 fully saturated rings. The fourth-order valence-corrected chi connectivity index (χ4v) is 2.52. The first-order chi connectivity index (χ1) is 9.06. The van der Waals surface area contributed by atoms with Crippen LogP contribution in [0.3, 0.4) is 0 Å². The minimum absolute atomic E-state index is 0.180. The average Bonchev–Trinajstić information content (AvgIpc) is 2.83. The normalized spacial score (nSPS) is 20.7. The van der Waals surface area contributed by atoms with Crippen molar-refractivity contribution in [2.45, 2.75) is 57.3 Å². The number of nitrogens with one attached hydrogen (secondary N) is 1. The van der Waals surface area contributed by atoms with E-state index in [0.29, 0.717) is 19.0 Å². The maximum Gasteiger partial charge on any atom is 0.389 e. The largest absolute Gasteiger partial charge is 0.389 e. The van der Waals surface area contributed by atoms with E-state index in [1.54, 1.807) is 6.33 Å². The van der Waals surface area contributed by atoms with Crippen molar-refractivity contribution in [3.8, 4) is 0 Å². The first-order valence-corrected chi connectivity index (χ1v) is 6.86. The predicted octanol–water partition coefficient (Wildman–Crippen LogP) is 3.43.